The van der Waals surface area contributed by atoms with E-state index in [1.54, 1.807) is 38.7 Å². The van der Waals surface area contributed by atoms with Crippen molar-refractivity contribution in [3.05, 3.63) is 118 Å². The molecular formula is C32H34N4O4. The van der Waals surface area contributed by atoms with Crippen LogP contribution in [-0.2, 0) is 35.9 Å². The molecular weight excluding hydrogens is 504 g/mol. The number of aromatic nitrogens is 2. The van der Waals surface area contributed by atoms with Crippen LogP contribution in [0.15, 0.2) is 83.0 Å². The summed E-state index contributed by atoms with van der Waals surface area (Å²) >= 11 is 0. The summed E-state index contributed by atoms with van der Waals surface area (Å²) in [5.41, 5.74) is 5.87. The summed E-state index contributed by atoms with van der Waals surface area (Å²) < 4.78 is 11.7. The minimum atomic E-state index is 0.0883. The molecule has 8 heteroatoms. The Hall–Kier alpha value is -4.40. The highest BCUT2D eigenvalue weighted by Crippen LogP contribution is 2.24. The van der Waals surface area contributed by atoms with E-state index in [2.05, 4.69) is 20.0 Å². The largest absolute Gasteiger partial charge is 0.505 e. The zero-order valence-corrected chi connectivity index (χ0v) is 22.8. The Bertz CT molecular complexity index is 1330. The molecule has 0 saturated heterocycles. The third-order valence-corrected chi connectivity index (χ3v) is 6.25. The molecule has 0 aliphatic rings. The molecule has 2 aromatic heterocycles. The van der Waals surface area contributed by atoms with Crippen LogP contribution in [0.2, 0.25) is 0 Å². The third kappa shape index (κ3) is 8.05. The normalized spacial score (nSPS) is 11.6. The molecule has 0 spiro atoms. The van der Waals surface area contributed by atoms with Crippen LogP contribution in [0.25, 0.3) is 0 Å². The molecule has 4 aromatic rings. The third-order valence-electron chi connectivity index (χ3n) is 6.25. The minimum absolute atomic E-state index is 0.0883. The highest BCUT2D eigenvalue weighted by Gasteiger charge is 2.12. The number of aromatic hydroxyl groups is 2. The first-order valence-electron chi connectivity index (χ1n) is 13.1. The van der Waals surface area contributed by atoms with Crippen molar-refractivity contribution in [3.63, 3.8) is 0 Å². The summed E-state index contributed by atoms with van der Waals surface area (Å²) in [5, 5.41) is 21.2. The fourth-order valence-electron chi connectivity index (χ4n) is 3.96. The van der Waals surface area contributed by atoms with Gasteiger partial charge in [-0.25, -0.2) is 0 Å². The topological polar surface area (TPSA) is 109 Å². The van der Waals surface area contributed by atoms with E-state index in [1.165, 1.54) is 0 Å². The van der Waals surface area contributed by atoms with Gasteiger partial charge in [-0.15, -0.1) is 0 Å². The average Bonchev–Trinajstić information content (AvgIpc) is 2.97. The van der Waals surface area contributed by atoms with Crippen LogP contribution in [0.1, 0.15) is 44.8 Å². The maximum absolute atomic E-state index is 10.6. The van der Waals surface area contributed by atoms with Gasteiger partial charge in [0.25, 0.3) is 0 Å². The molecule has 0 radical (unpaired) electrons. The van der Waals surface area contributed by atoms with E-state index in [0.29, 0.717) is 62.0 Å². The summed E-state index contributed by atoms with van der Waals surface area (Å²) in [4.78, 5) is 17.5. The van der Waals surface area contributed by atoms with Gasteiger partial charge in [-0.3, -0.25) is 20.0 Å². The standard InChI is InChI=1S/C32H34N4O4/c1-23-31(37)29(27(15-35-23)21-39-19-25-9-5-3-6-10-25)17-33-13-14-34-18-30-28(16-36-24(2)32(30)38)22-40-20-26-11-7-4-8-12-26/h3-12,15-18,37-38H,13-14,19-22H2,1-2H3. The van der Waals surface area contributed by atoms with E-state index in [4.69, 9.17) is 9.47 Å². The first kappa shape index (κ1) is 28.6. The SMILES string of the molecule is Cc1ncc(COCc2ccccc2)c(C=NCCN=Cc2c(COCc3ccccc3)cnc(C)c2O)c1O. The van der Waals surface area contributed by atoms with Gasteiger partial charge in [-0.05, 0) is 25.0 Å². The molecule has 0 aliphatic carbocycles. The van der Waals surface area contributed by atoms with Gasteiger partial charge in [0, 0.05) is 47.1 Å². The number of aliphatic imine (C=N–C) groups is 2. The number of aryl methyl sites for hydroxylation is 2. The van der Waals surface area contributed by atoms with Gasteiger partial charge in [0.05, 0.1) is 50.9 Å². The fourth-order valence-corrected chi connectivity index (χ4v) is 3.96. The zero-order valence-electron chi connectivity index (χ0n) is 22.8. The maximum Gasteiger partial charge on any atom is 0.145 e. The molecule has 0 aliphatic heterocycles. The van der Waals surface area contributed by atoms with Crippen molar-refractivity contribution in [2.75, 3.05) is 13.1 Å². The lowest BCUT2D eigenvalue weighted by Crippen LogP contribution is -2.03. The Kier molecular flexibility index (Phi) is 10.5. The first-order valence-corrected chi connectivity index (χ1v) is 13.1. The molecule has 0 bridgehead atoms. The van der Waals surface area contributed by atoms with Crippen LogP contribution >= 0.6 is 0 Å². The van der Waals surface area contributed by atoms with Crippen molar-refractivity contribution in [1.82, 2.24) is 9.97 Å². The predicted octanol–water partition coefficient (Wildman–Crippen LogP) is 5.48. The van der Waals surface area contributed by atoms with Crippen molar-refractivity contribution in [2.45, 2.75) is 40.3 Å². The maximum atomic E-state index is 10.6. The molecule has 0 atom stereocenters. The van der Waals surface area contributed by atoms with E-state index >= 15 is 0 Å². The molecule has 4 rings (SSSR count). The summed E-state index contributed by atoms with van der Waals surface area (Å²) in [6, 6.07) is 19.8. The first-order chi connectivity index (χ1) is 19.5. The Labute approximate surface area is 234 Å². The molecule has 0 unspecified atom stereocenters. The molecule has 0 amide bonds. The lowest BCUT2D eigenvalue weighted by Gasteiger charge is -2.11. The van der Waals surface area contributed by atoms with Crippen molar-refractivity contribution in [1.29, 1.82) is 0 Å². The van der Waals surface area contributed by atoms with Crippen LogP contribution in [0, 0.1) is 13.8 Å². The quantitative estimate of drug-likeness (QED) is 0.172. The second-order valence-electron chi connectivity index (χ2n) is 9.29. The molecule has 40 heavy (non-hydrogen) atoms. The van der Waals surface area contributed by atoms with E-state index in [1.807, 2.05) is 60.7 Å². The minimum Gasteiger partial charge on any atom is -0.505 e. The van der Waals surface area contributed by atoms with Crippen molar-refractivity contribution in [2.24, 2.45) is 9.98 Å². The molecule has 0 saturated carbocycles. The zero-order chi connectivity index (χ0) is 28.2. The fraction of sp³-hybridized carbons (Fsp3) is 0.250. The van der Waals surface area contributed by atoms with E-state index in [9.17, 15) is 10.2 Å². The van der Waals surface area contributed by atoms with Crippen LogP contribution in [0.3, 0.4) is 0 Å². The summed E-state index contributed by atoms with van der Waals surface area (Å²) in [6.07, 6.45) is 6.68. The molecule has 2 aromatic carbocycles. The van der Waals surface area contributed by atoms with E-state index in [0.717, 1.165) is 22.3 Å². The molecule has 2 N–H and O–H groups in total. The second-order valence-corrected chi connectivity index (χ2v) is 9.29. The number of hydrogen-bond donors (Lipinski definition) is 2. The van der Waals surface area contributed by atoms with Gasteiger partial charge >= 0.3 is 0 Å². The Morgan fingerprint density at radius 1 is 0.625 bits per heavy atom. The van der Waals surface area contributed by atoms with Gasteiger partial charge in [-0.2, -0.15) is 0 Å². The van der Waals surface area contributed by atoms with Gasteiger partial charge in [0.15, 0.2) is 0 Å². The Balaban J connectivity index is 1.35. The number of ether oxygens (including phenoxy) is 2. The predicted molar refractivity (Wildman–Crippen MR) is 156 cm³/mol. The van der Waals surface area contributed by atoms with E-state index in [-0.39, 0.29) is 11.5 Å². The number of rotatable bonds is 13. The highest BCUT2D eigenvalue weighted by atomic mass is 16.5. The van der Waals surface area contributed by atoms with Crippen molar-refractivity contribution in [3.8, 4) is 11.5 Å². The summed E-state index contributed by atoms with van der Waals surface area (Å²) in [6.45, 7) is 5.79. The monoisotopic (exact) mass is 538 g/mol. The molecule has 206 valence electrons. The number of nitrogens with zero attached hydrogens (tertiary/aromatic N) is 4. The number of pyridine rings is 2. The number of benzene rings is 2. The molecule has 8 nitrogen and oxygen atoms in total. The number of hydrogen-bond acceptors (Lipinski definition) is 8. The van der Waals surface area contributed by atoms with Gasteiger partial charge in [-0.1, -0.05) is 60.7 Å². The van der Waals surface area contributed by atoms with Gasteiger partial charge < -0.3 is 19.7 Å². The van der Waals surface area contributed by atoms with Crippen LogP contribution in [-0.4, -0.2) is 45.7 Å². The van der Waals surface area contributed by atoms with Gasteiger partial charge in [0.1, 0.15) is 11.5 Å². The van der Waals surface area contributed by atoms with E-state index < -0.39 is 0 Å². The van der Waals surface area contributed by atoms with Crippen molar-refractivity contribution < 1.29 is 19.7 Å². The Morgan fingerprint density at radius 2 is 1.02 bits per heavy atom. The highest BCUT2D eigenvalue weighted by molar-refractivity contribution is 5.86. The summed E-state index contributed by atoms with van der Waals surface area (Å²) in [5.74, 6) is 0.177. The van der Waals surface area contributed by atoms with Crippen molar-refractivity contribution >= 4 is 12.4 Å². The Morgan fingerprint density at radius 3 is 1.43 bits per heavy atom. The molecule has 2 heterocycles. The average molecular weight is 539 g/mol. The second kappa shape index (κ2) is 14.7. The van der Waals surface area contributed by atoms with Gasteiger partial charge in [0.2, 0.25) is 0 Å². The summed E-state index contributed by atoms with van der Waals surface area (Å²) in [7, 11) is 0. The molecule has 0 fully saturated rings. The lowest BCUT2D eigenvalue weighted by atomic mass is 10.1. The van der Waals surface area contributed by atoms with Crippen LogP contribution in [0.5, 0.6) is 11.5 Å². The lowest BCUT2D eigenvalue weighted by molar-refractivity contribution is 0.106. The smallest absolute Gasteiger partial charge is 0.145 e. The van der Waals surface area contributed by atoms with Crippen LogP contribution in [0.4, 0.5) is 0 Å². The van der Waals surface area contributed by atoms with Crippen LogP contribution < -0.4 is 0 Å².